The van der Waals surface area contributed by atoms with Gasteiger partial charge in [0.2, 0.25) is 0 Å². The van der Waals surface area contributed by atoms with E-state index in [-0.39, 0.29) is 0 Å². The molecule has 2 N–H and O–H groups in total. The van der Waals surface area contributed by atoms with Crippen molar-refractivity contribution < 1.29 is 0 Å². The molecule has 0 aromatic rings. The van der Waals surface area contributed by atoms with Crippen molar-refractivity contribution in [1.82, 2.24) is 0 Å². The van der Waals surface area contributed by atoms with Crippen LogP contribution < -0.4 is 5.73 Å². The first-order valence-electron chi connectivity index (χ1n) is 11.7. The highest BCUT2D eigenvalue weighted by Gasteiger charge is 2.43. The lowest BCUT2D eigenvalue weighted by molar-refractivity contribution is -0.00354. The maximum absolute atomic E-state index is 6.32. The normalized spacial score (nSPS) is 24.2. The first-order valence-corrected chi connectivity index (χ1v) is 11.7. The molecule has 0 aromatic heterocycles. The Morgan fingerprint density at radius 1 is 0.692 bits per heavy atom. The van der Waals surface area contributed by atoms with Gasteiger partial charge in [-0.2, -0.15) is 0 Å². The van der Waals surface area contributed by atoms with E-state index in [0.29, 0.717) is 12.0 Å². The molecule has 0 bridgehead atoms. The quantitative estimate of drug-likeness (QED) is 0.410. The average molecular weight is 366 g/mol. The van der Waals surface area contributed by atoms with E-state index in [1.165, 1.54) is 25.7 Å². The van der Waals surface area contributed by atoms with Gasteiger partial charge < -0.3 is 5.73 Å². The van der Waals surface area contributed by atoms with Gasteiger partial charge in [0.25, 0.3) is 0 Å². The van der Waals surface area contributed by atoms with E-state index >= 15 is 0 Å². The van der Waals surface area contributed by atoms with Crippen LogP contribution in [-0.4, -0.2) is 6.04 Å². The van der Waals surface area contributed by atoms with Crippen molar-refractivity contribution in [2.24, 2.45) is 64.9 Å². The molecule has 0 aromatic carbocycles. The molecule has 1 heteroatoms. The zero-order chi connectivity index (χ0) is 20.2. The van der Waals surface area contributed by atoms with Gasteiger partial charge in [0.05, 0.1) is 0 Å². The highest BCUT2D eigenvalue weighted by molar-refractivity contribution is 4.92. The first kappa shape index (κ1) is 24.0. The van der Waals surface area contributed by atoms with Crippen molar-refractivity contribution in [2.45, 2.75) is 101 Å². The lowest BCUT2D eigenvalue weighted by atomic mass is 9.56. The fraction of sp³-hybridized carbons (Fsp3) is 1.00. The lowest BCUT2D eigenvalue weighted by Crippen LogP contribution is -2.44. The molecule has 1 aliphatic carbocycles. The van der Waals surface area contributed by atoms with Gasteiger partial charge in [-0.1, -0.05) is 81.6 Å². The number of hydrogen-bond acceptors (Lipinski definition) is 1. The van der Waals surface area contributed by atoms with Crippen LogP contribution in [0.5, 0.6) is 0 Å². The molecule has 0 heterocycles. The Morgan fingerprint density at radius 2 is 1.23 bits per heavy atom. The Morgan fingerprint density at radius 3 is 1.54 bits per heavy atom. The van der Waals surface area contributed by atoms with Crippen LogP contribution in [-0.2, 0) is 0 Å². The molecule has 0 aliphatic heterocycles. The van der Waals surface area contributed by atoms with E-state index in [1.54, 1.807) is 0 Å². The van der Waals surface area contributed by atoms with E-state index in [1.807, 2.05) is 0 Å². The summed E-state index contributed by atoms with van der Waals surface area (Å²) in [6.07, 6.45) is 5.56. The molecular weight excluding hydrogens is 314 g/mol. The third-order valence-corrected chi connectivity index (χ3v) is 8.20. The summed E-state index contributed by atoms with van der Waals surface area (Å²) in [5, 5.41) is 0. The van der Waals surface area contributed by atoms with Crippen LogP contribution >= 0.6 is 0 Å². The molecule has 0 saturated heterocycles. The summed E-state index contributed by atoms with van der Waals surface area (Å²) in [7, 11) is 0. The third-order valence-electron chi connectivity index (χ3n) is 8.20. The van der Waals surface area contributed by atoms with Gasteiger partial charge in [0.1, 0.15) is 0 Å². The zero-order valence-electron chi connectivity index (χ0n) is 19.8. The molecule has 26 heavy (non-hydrogen) atoms. The molecule has 0 radical (unpaired) electrons. The Labute approximate surface area is 166 Å². The van der Waals surface area contributed by atoms with Crippen molar-refractivity contribution in [2.75, 3.05) is 0 Å². The third kappa shape index (κ3) is 5.98. The van der Waals surface area contributed by atoms with Crippen LogP contribution in [0.25, 0.3) is 0 Å². The molecule has 156 valence electrons. The van der Waals surface area contributed by atoms with Crippen molar-refractivity contribution >= 4 is 0 Å². The van der Waals surface area contributed by atoms with Crippen molar-refractivity contribution in [3.05, 3.63) is 0 Å². The van der Waals surface area contributed by atoms with E-state index in [9.17, 15) is 0 Å². The predicted octanol–water partition coefficient (Wildman–Crippen LogP) is 7.25. The fourth-order valence-corrected chi connectivity index (χ4v) is 5.90. The highest BCUT2D eigenvalue weighted by atomic mass is 14.6. The van der Waals surface area contributed by atoms with Crippen LogP contribution in [0.1, 0.15) is 94.9 Å². The summed E-state index contributed by atoms with van der Waals surface area (Å²) in [6.45, 7) is 24.6. The minimum absolute atomic E-state index is 0.304. The molecule has 0 spiro atoms. The molecule has 1 saturated carbocycles. The minimum atomic E-state index is 0.304. The molecule has 1 rings (SSSR count). The molecule has 1 fully saturated rings. The van der Waals surface area contributed by atoms with E-state index < -0.39 is 0 Å². The van der Waals surface area contributed by atoms with E-state index in [0.717, 1.165) is 53.3 Å². The summed E-state index contributed by atoms with van der Waals surface area (Å²) in [6, 6.07) is 0.304. The van der Waals surface area contributed by atoms with Crippen molar-refractivity contribution in [1.29, 1.82) is 0 Å². The van der Waals surface area contributed by atoms with Gasteiger partial charge in [-0.3, -0.25) is 0 Å². The Kier molecular flexibility index (Phi) is 9.68. The Bertz CT molecular complexity index is 380. The molecule has 7 atom stereocenters. The summed E-state index contributed by atoms with van der Waals surface area (Å²) in [5.41, 5.74) is 6.32. The summed E-state index contributed by atoms with van der Waals surface area (Å²) in [4.78, 5) is 0. The first-order chi connectivity index (χ1) is 12.0. The fourth-order valence-electron chi connectivity index (χ4n) is 5.90. The summed E-state index contributed by atoms with van der Waals surface area (Å²) in [5.74, 6) is 7.91. The van der Waals surface area contributed by atoms with Crippen LogP contribution in [0.15, 0.2) is 0 Å². The van der Waals surface area contributed by atoms with Gasteiger partial charge in [-0.25, -0.2) is 0 Å². The van der Waals surface area contributed by atoms with Gasteiger partial charge in [0.15, 0.2) is 0 Å². The van der Waals surface area contributed by atoms with E-state index in [2.05, 4.69) is 69.2 Å². The zero-order valence-corrected chi connectivity index (χ0v) is 19.8. The van der Waals surface area contributed by atoms with Gasteiger partial charge >= 0.3 is 0 Å². The van der Waals surface area contributed by atoms with Crippen LogP contribution in [0.3, 0.4) is 0 Å². The second kappa shape index (κ2) is 10.5. The maximum atomic E-state index is 6.32. The second-order valence-corrected chi connectivity index (χ2v) is 11.0. The van der Waals surface area contributed by atoms with Crippen molar-refractivity contribution in [3.8, 4) is 0 Å². The van der Waals surface area contributed by atoms with E-state index in [4.69, 9.17) is 5.73 Å². The van der Waals surface area contributed by atoms with Crippen LogP contribution in [0.2, 0.25) is 0 Å². The second-order valence-electron chi connectivity index (χ2n) is 11.0. The number of nitrogens with two attached hydrogens (primary N) is 1. The molecule has 1 aliphatic rings. The van der Waals surface area contributed by atoms with Crippen LogP contribution in [0.4, 0.5) is 0 Å². The summed E-state index contributed by atoms with van der Waals surface area (Å²) < 4.78 is 0. The summed E-state index contributed by atoms with van der Waals surface area (Å²) >= 11 is 0. The van der Waals surface area contributed by atoms with Crippen LogP contribution in [0, 0.1) is 59.2 Å². The number of rotatable bonds is 11. The smallest absolute Gasteiger partial charge is 0.00133 e. The molecule has 1 nitrogen and oxygen atoms in total. The Hall–Kier alpha value is -0.0400. The Balaban J connectivity index is 3.23. The predicted molar refractivity (Wildman–Crippen MR) is 118 cm³/mol. The van der Waals surface area contributed by atoms with Gasteiger partial charge in [-0.15, -0.1) is 0 Å². The van der Waals surface area contributed by atoms with Gasteiger partial charge in [0, 0.05) is 6.04 Å². The largest absolute Gasteiger partial charge is 0.328 e. The molecular formula is C25H51N. The SMILES string of the molecule is CC(N)CC(C(C)C)C(C(C)C)C(C(C)C(C)C)C(C)C(C)C1CCC1. The topological polar surface area (TPSA) is 26.0 Å². The van der Waals surface area contributed by atoms with Crippen molar-refractivity contribution in [3.63, 3.8) is 0 Å². The highest BCUT2D eigenvalue weighted by Crippen LogP contribution is 2.49. The minimum Gasteiger partial charge on any atom is -0.328 e. The van der Waals surface area contributed by atoms with Gasteiger partial charge in [-0.05, 0) is 72.5 Å². The average Bonchev–Trinajstić information content (AvgIpc) is 2.46. The number of hydrogen-bond donors (Lipinski definition) is 1. The molecule has 0 amide bonds. The standard InChI is InChI=1S/C25H51N/c1-15(2)19(8)25(21(10)20(9)22-12-11-13-22)24(17(5)6)23(16(3)4)14-18(7)26/h15-25H,11-14,26H2,1-10H3. The lowest BCUT2D eigenvalue weighted by Gasteiger charge is -2.49. The monoisotopic (exact) mass is 365 g/mol. The maximum Gasteiger partial charge on any atom is 0.00133 e. The molecule has 7 unspecified atom stereocenters.